The van der Waals surface area contributed by atoms with Crippen LogP contribution in [0.25, 0.3) is 0 Å². The summed E-state index contributed by atoms with van der Waals surface area (Å²) in [4.78, 5) is 0. The predicted octanol–water partition coefficient (Wildman–Crippen LogP) is 6.14. The van der Waals surface area contributed by atoms with Crippen molar-refractivity contribution in [3.8, 4) is 0 Å². The SMILES string of the molecule is OCC(I)CC(CC(CC(F)(C(F)(F)F)C(F)(F)F)C(F)(F)F)C(F)(F)F. The van der Waals surface area contributed by atoms with E-state index in [-0.39, 0.29) is 0 Å². The van der Waals surface area contributed by atoms with Gasteiger partial charge in [0.05, 0.1) is 18.4 Å². The lowest BCUT2D eigenvalue weighted by Crippen LogP contribution is -2.55. The molecule has 3 atom stereocenters. The van der Waals surface area contributed by atoms with Crippen LogP contribution in [0.5, 0.6) is 0 Å². The monoisotopic (exact) mass is 546 g/mol. The molecule has 0 aliphatic heterocycles. The molecule has 0 radical (unpaired) electrons. The van der Waals surface area contributed by atoms with Crippen molar-refractivity contribution < 1.29 is 62.2 Å². The Hall–Kier alpha value is -0.220. The highest BCUT2D eigenvalue weighted by Crippen LogP contribution is 2.53. The topological polar surface area (TPSA) is 20.2 Å². The third kappa shape index (κ3) is 7.27. The van der Waals surface area contributed by atoms with Crippen LogP contribution in [0.2, 0.25) is 0 Å². The summed E-state index contributed by atoms with van der Waals surface area (Å²) in [5.41, 5.74) is -6.34. The number of alkyl halides is 14. The molecule has 0 aromatic carbocycles. The fourth-order valence-corrected chi connectivity index (χ4v) is 2.77. The molecule has 3 unspecified atom stereocenters. The molecule has 0 aliphatic rings. The van der Waals surface area contributed by atoms with Crippen LogP contribution in [-0.4, -0.2) is 46.0 Å². The van der Waals surface area contributed by atoms with Crippen LogP contribution in [0, 0.1) is 11.8 Å². The van der Waals surface area contributed by atoms with Gasteiger partial charge in [-0.15, -0.1) is 0 Å². The van der Waals surface area contributed by atoms with Crippen LogP contribution in [0.3, 0.4) is 0 Å². The number of hydrogen-bond acceptors (Lipinski definition) is 1. The molecule has 1 N–H and O–H groups in total. The zero-order chi connectivity index (χ0) is 22.1. The summed E-state index contributed by atoms with van der Waals surface area (Å²) >= 11 is 1.22. The Labute approximate surface area is 157 Å². The van der Waals surface area contributed by atoms with Gasteiger partial charge in [-0.3, -0.25) is 0 Å². The molecule has 0 aromatic rings. The van der Waals surface area contributed by atoms with E-state index in [4.69, 9.17) is 5.11 Å². The lowest BCUT2D eigenvalue weighted by Gasteiger charge is -2.35. The van der Waals surface area contributed by atoms with Crippen LogP contribution in [0.1, 0.15) is 19.3 Å². The first kappa shape index (κ1) is 26.8. The standard InChI is InChI=1S/C12H12F13IO/c13-8(11(20,21)22,12(23,24)25)3-6(10(17,18)19)1-5(9(14,15)16)2-7(26)4-27/h5-7,27H,1-4H2. The van der Waals surface area contributed by atoms with Crippen LogP contribution < -0.4 is 0 Å². The van der Waals surface area contributed by atoms with E-state index in [1.807, 2.05) is 0 Å². The molecule has 0 heterocycles. The molecule has 0 aromatic heterocycles. The van der Waals surface area contributed by atoms with E-state index in [1.54, 1.807) is 0 Å². The molecule has 0 rings (SSSR count). The fourth-order valence-electron chi connectivity index (χ4n) is 2.15. The third-order valence-electron chi connectivity index (χ3n) is 3.66. The molecule has 0 aliphatic carbocycles. The van der Waals surface area contributed by atoms with Crippen LogP contribution in [0.15, 0.2) is 0 Å². The van der Waals surface area contributed by atoms with Gasteiger partial charge in [0.25, 0.3) is 5.67 Å². The normalized spacial score (nSPS) is 18.3. The van der Waals surface area contributed by atoms with Gasteiger partial charge < -0.3 is 5.11 Å². The Morgan fingerprint density at radius 1 is 0.630 bits per heavy atom. The molecule has 0 saturated heterocycles. The lowest BCUT2D eigenvalue weighted by molar-refractivity contribution is -0.353. The minimum absolute atomic E-state index is 0.929. The zero-order valence-electron chi connectivity index (χ0n) is 12.8. The lowest BCUT2D eigenvalue weighted by atomic mass is 9.82. The van der Waals surface area contributed by atoms with E-state index in [2.05, 4.69) is 0 Å². The van der Waals surface area contributed by atoms with Gasteiger partial charge >= 0.3 is 24.7 Å². The molecule has 0 spiro atoms. The second-order valence-corrected chi connectivity index (χ2v) is 7.49. The van der Waals surface area contributed by atoms with Crippen molar-refractivity contribution in [1.82, 2.24) is 0 Å². The van der Waals surface area contributed by atoms with Crippen molar-refractivity contribution in [1.29, 1.82) is 0 Å². The minimum Gasteiger partial charge on any atom is -0.395 e. The van der Waals surface area contributed by atoms with Gasteiger partial charge in [-0.1, -0.05) is 22.6 Å². The largest absolute Gasteiger partial charge is 0.431 e. The van der Waals surface area contributed by atoms with Crippen LogP contribution in [0.4, 0.5) is 57.1 Å². The summed E-state index contributed by atoms with van der Waals surface area (Å²) in [6.07, 6.45) is -31.8. The average molecular weight is 546 g/mol. The van der Waals surface area contributed by atoms with Crippen molar-refractivity contribution in [3.05, 3.63) is 0 Å². The maximum absolute atomic E-state index is 13.6. The Bertz CT molecular complexity index is 450. The Morgan fingerprint density at radius 3 is 1.26 bits per heavy atom. The van der Waals surface area contributed by atoms with Gasteiger partial charge in [0.1, 0.15) is 0 Å². The molecule has 1 nitrogen and oxygen atoms in total. The number of rotatable bonds is 7. The Morgan fingerprint density at radius 2 is 1.00 bits per heavy atom. The summed E-state index contributed by atoms with van der Waals surface area (Å²) in [6.45, 7) is -0.929. The predicted molar refractivity (Wildman–Crippen MR) is 73.8 cm³/mol. The average Bonchev–Trinajstić information content (AvgIpc) is 2.40. The first-order chi connectivity index (χ1) is 11.7. The van der Waals surface area contributed by atoms with Crippen LogP contribution >= 0.6 is 22.6 Å². The molecular formula is C12H12F13IO. The van der Waals surface area contributed by atoms with Crippen molar-refractivity contribution >= 4 is 22.6 Å². The van der Waals surface area contributed by atoms with E-state index in [9.17, 15) is 57.1 Å². The van der Waals surface area contributed by atoms with E-state index < -0.39 is 72.0 Å². The Kier molecular flexibility index (Phi) is 8.58. The maximum Gasteiger partial charge on any atom is 0.431 e. The van der Waals surface area contributed by atoms with Gasteiger partial charge in [0, 0.05) is 10.3 Å². The molecule has 0 bridgehead atoms. The molecule has 164 valence electrons. The number of halogens is 14. The van der Waals surface area contributed by atoms with Gasteiger partial charge in [-0.25, -0.2) is 4.39 Å². The van der Waals surface area contributed by atoms with E-state index >= 15 is 0 Å². The first-order valence-corrected chi connectivity index (χ1v) is 8.12. The zero-order valence-corrected chi connectivity index (χ0v) is 15.0. The van der Waals surface area contributed by atoms with E-state index in [1.165, 1.54) is 22.6 Å². The number of aliphatic hydroxyl groups excluding tert-OH is 1. The highest BCUT2D eigenvalue weighted by Gasteiger charge is 2.74. The maximum atomic E-state index is 13.6. The van der Waals surface area contributed by atoms with Gasteiger partial charge in [-0.2, -0.15) is 52.7 Å². The first-order valence-electron chi connectivity index (χ1n) is 6.87. The summed E-state index contributed by atoms with van der Waals surface area (Å²) in [7, 11) is 0. The molecule has 0 fully saturated rings. The molecule has 0 amide bonds. The van der Waals surface area contributed by atoms with Crippen molar-refractivity contribution in [3.63, 3.8) is 0 Å². The summed E-state index contributed by atoms with van der Waals surface area (Å²) < 4.78 is 164. The van der Waals surface area contributed by atoms with Gasteiger partial charge in [0.2, 0.25) is 0 Å². The number of hydrogen-bond donors (Lipinski definition) is 1. The van der Waals surface area contributed by atoms with Crippen molar-refractivity contribution in [2.75, 3.05) is 6.61 Å². The molecular weight excluding hydrogens is 534 g/mol. The van der Waals surface area contributed by atoms with Crippen molar-refractivity contribution in [2.45, 2.75) is 53.6 Å². The molecule has 27 heavy (non-hydrogen) atoms. The minimum atomic E-state index is -6.82. The quantitative estimate of drug-likeness (QED) is 0.231. The summed E-state index contributed by atoms with van der Waals surface area (Å²) in [5, 5.41) is 8.69. The van der Waals surface area contributed by atoms with Crippen molar-refractivity contribution in [2.24, 2.45) is 11.8 Å². The molecule has 15 heteroatoms. The highest BCUT2D eigenvalue weighted by molar-refractivity contribution is 14.1. The number of aliphatic hydroxyl groups is 1. The second kappa shape index (κ2) is 8.65. The van der Waals surface area contributed by atoms with Gasteiger partial charge in [0.15, 0.2) is 0 Å². The molecule has 0 saturated carbocycles. The third-order valence-corrected chi connectivity index (χ3v) is 4.56. The highest BCUT2D eigenvalue weighted by atomic mass is 127. The fraction of sp³-hybridized carbons (Fsp3) is 1.00. The smallest absolute Gasteiger partial charge is 0.395 e. The summed E-state index contributed by atoms with van der Waals surface area (Å²) in [6, 6.07) is 0. The second-order valence-electron chi connectivity index (χ2n) is 5.73. The van der Waals surface area contributed by atoms with E-state index in [0.717, 1.165) is 0 Å². The van der Waals surface area contributed by atoms with Gasteiger partial charge in [-0.05, 0) is 12.8 Å². The Balaban J connectivity index is 5.93. The van der Waals surface area contributed by atoms with E-state index in [0.29, 0.717) is 0 Å². The summed E-state index contributed by atoms with van der Waals surface area (Å²) in [5.74, 6) is -6.87. The van der Waals surface area contributed by atoms with Crippen LogP contribution in [-0.2, 0) is 0 Å².